The summed E-state index contributed by atoms with van der Waals surface area (Å²) in [5, 5.41) is 4.44. The minimum Gasteiger partial charge on any atom is -0.461 e. The van der Waals surface area contributed by atoms with Crippen LogP contribution in [0.3, 0.4) is 0 Å². The van der Waals surface area contributed by atoms with Gasteiger partial charge in [0.15, 0.2) is 11.6 Å². The molecule has 2 aliphatic heterocycles. The molecule has 1 aromatic carbocycles. The van der Waals surface area contributed by atoms with E-state index in [1.807, 2.05) is 32.9 Å². The normalized spacial score (nSPS) is 20.0. The van der Waals surface area contributed by atoms with Gasteiger partial charge in [-0.15, -0.1) is 5.43 Å². The van der Waals surface area contributed by atoms with Crippen molar-refractivity contribution in [1.29, 1.82) is 0 Å². The fourth-order valence-electron chi connectivity index (χ4n) is 3.00. The molecular formula is C22H25N6O3+. The van der Waals surface area contributed by atoms with Crippen molar-refractivity contribution in [3.8, 4) is 5.75 Å². The van der Waals surface area contributed by atoms with Crippen LogP contribution in [0.2, 0.25) is 0 Å². The Bertz CT molecular complexity index is 1090. The van der Waals surface area contributed by atoms with Gasteiger partial charge in [-0.05, 0) is 66.8 Å². The molecule has 4 rings (SSSR count). The number of nitrogens with zero attached hydrogens (tertiary/aromatic N) is 4. The first kappa shape index (κ1) is 20.7. The largest absolute Gasteiger partial charge is 0.461 e. The first-order valence-electron chi connectivity index (χ1n) is 9.96. The molecule has 3 N–H and O–H groups in total. The van der Waals surface area contributed by atoms with Crippen LogP contribution in [0.25, 0.3) is 0 Å². The average Bonchev–Trinajstić information content (AvgIpc) is 3.35. The second-order valence-corrected chi connectivity index (χ2v) is 8.31. The minimum atomic E-state index is -0.546. The fourth-order valence-corrected chi connectivity index (χ4v) is 3.00. The summed E-state index contributed by atoms with van der Waals surface area (Å²) in [6.45, 7) is 6.06. The number of fused-ring (bicyclic) bond motifs is 1. The lowest BCUT2D eigenvalue weighted by molar-refractivity contribution is -0.849. The van der Waals surface area contributed by atoms with Crippen LogP contribution in [0, 0.1) is 5.41 Å². The molecule has 0 amide bonds. The summed E-state index contributed by atoms with van der Waals surface area (Å²) >= 11 is 0. The van der Waals surface area contributed by atoms with Gasteiger partial charge in [0, 0.05) is 0 Å². The third-order valence-corrected chi connectivity index (χ3v) is 4.72. The predicted octanol–water partition coefficient (Wildman–Crippen LogP) is 2.71. The summed E-state index contributed by atoms with van der Waals surface area (Å²) in [5.41, 5.74) is 9.81. The molecule has 0 aliphatic carbocycles. The van der Waals surface area contributed by atoms with Crippen LogP contribution in [-0.2, 0) is 11.2 Å². The average molecular weight is 421 g/mol. The summed E-state index contributed by atoms with van der Waals surface area (Å²) in [4.78, 5) is 20.9. The Kier molecular flexibility index (Phi) is 5.30. The summed E-state index contributed by atoms with van der Waals surface area (Å²) in [6, 6.07) is 11.0. The zero-order chi connectivity index (χ0) is 22.1. The number of ether oxygens (including phenoxy) is 1. The molecule has 9 nitrogen and oxygen atoms in total. The molecule has 0 fully saturated rings. The topological polar surface area (TPSA) is 115 Å². The van der Waals surface area contributed by atoms with E-state index in [2.05, 4.69) is 20.5 Å². The maximum absolute atomic E-state index is 12.0. The molecule has 3 heterocycles. The van der Waals surface area contributed by atoms with Gasteiger partial charge in [0.05, 0.1) is 24.3 Å². The van der Waals surface area contributed by atoms with E-state index >= 15 is 0 Å². The van der Waals surface area contributed by atoms with Crippen LogP contribution in [-0.4, -0.2) is 35.2 Å². The molecule has 2 aliphatic rings. The molecule has 0 saturated carbocycles. The molecule has 0 radical (unpaired) electrons. The molecule has 0 bridgehead atoms. The predicted molar refractivity (Wildman–Crippen MR) is 117 cm³/mol. The molecule has 1 aromatic heterocycles. The lowest BCUT2D eigenvalue weighted by Gasteiger charge is -2.25. The van der Waals surface area contributed by atoms with Gasteiger partial charge < -0.3 is 14.9 Å². The number of benzene rings is 1. The zero-order valence-electron chi connectivity index (χ0n) is 17.7. The lowest BCUT2D eigenvalue weighted by Crippen LogP contribution is -2.52. The highest BCUT2D eigenvalue weighted by Crippen LogP contribution is 2.25. The fraction of sp³-hybridized carbons (Fsp3) is 0.273. The number of nitrogens with two attached hydrogens (primary N) is 1. The number of rotatable bonds is 6. The van der Waals surface area contributed by atoms with E-state index in [-0.39, 0.29) is 10.7 Å². The Balaban J connectivity index is 1.38. The van der Waals surface area contributed by atoms with Crippen LogP contribution < -0.4 is 15.9 Å². The van der Waals surface area contributed by atoms with Crippen molar-refractivity contribution in [2.75, 3.05) is 6.54 Å². The highest BCUT2D eigenvalue weighted by atomic mass is 16.5. The van der Waals surface area contributed by atoms with E-state index in [9.17, 15) is 4.79 Å². The number of aliphatic imine (C=N–C) groups is 2. The Morgan fingerprint density at radius 1 is 1.23 bits per heavy atom. The van der Waals surface area contributed by atoms with Gasteiger partial charge in [-0.2, -0.15) is 9.98 Å². The Hall–Kier alpha value is -3.56. The molecular weight excluding hydrogens is 396 g/mol. The summed E-state index contributed by atoms with van der Waals surface area (Å²) in [7, 11) is 0. The third kappa shape index (κ3) is 4.47. The number of esters is 1. The van der Waals surface area contributed by atoms with E-state index in [0.717, 1.165) is 12.0 Å². The van der Waals surface area contributed by atoms with Gasteiger partial charge in [0.1, 0.15) is 5.75 Å². The van der Waals surface area contributed by atoms with Crippen molar-refractivity contribution in [2.24, 2.45) is 26.2 Å². The van der Waals surface area contributed by atoms with Crippen molar-refractivity contribution in [3.05, 3.63) is 65.9 Å². The molecule has 2 aromatic rings. The van der Waals surface area contributed by atoms with Gasteiger partial charge in [-0.1, -0.05) is 12.1 Å². The number of nitrogens with one attached hydrogen (secondary N) is 1. The van der Waals surface area contributed by atoms with Crippen molar-refractivity contribution < 1.29 is 18.6 Å². The first-order chi connectivity index (χ1) is 14.7. The summed E-state index contributed by atoms with van der Waals surface area (Å²) in [5.74, 6) is 2.29. The van der Waals surface area contributed by atoms with Crippen LogP contribution in [0.4, 0.5) is 0 Å². The second-order valence-electron chi connectivity index (χ2n) is 8.31. The van der Waals surface area contributed by atoms with E-state index in [1.54, 1.807) is 42.9 Å². The summed E-state index contributed by atoms with van der Waals surface area (Å²) in [6.07, 6.45) is 5.65. The van der Waals surface area contributed by atoms with Crippen molar-refractivity contribution in [1.82, 2.24) is 5.43 Å². The second kappa shape index (κ2) is 7.93. The molecule has 31 heavy (non-hydrogen) atoms. The quantitative estimate of drug-likeness (QED) is 0.423. The van der Waals surface area contributed by atoms with E-state index in [4.69, 9.17) is 14.9 Å². The molecule has 1 unspecified atom stereocenters. The molecule has 1 atom stereocenters. The highest BCUT2D eigenvalue weighted by Gasteiger charge is 2.41. The van der Waals surface area contributed by atoms with Gasteiger partial charge in [-0.3, -0.25) is 4.79 Å². The highest BCUT2D eigenvalue weighted by molar-refractivity contribution is 6.03. The van der Waals surface area contributed by atoms with Crippen LogP contribution in [0.15, 0.2) is 74.1 Å². The smallest absolute Gasteiger partial charge is 0.316 e. The number of furan rings is 1. The van der Waals surface area contributed by atoms with E-state index in [1.165, 1.54) is 0 Å². The zero-order valence-corrected chi connectivity index (χ0v) is 17.7. The number of carbonyl (C=O) groups is 1. The number of carbonyl (C=O) groups excluding carboxylic acids is 1. The molecule has 9 heteroatoms. The Morgan fingerprint density at radius 2 is 2.00 bits per heavy atom. The van der Waals surface area contributed by atoms with Crippen LogP contribution in [0.1, 0.15) is 32.1 Å². The van der Waals surface area contributed by atoms with Crippen molar-refractivity contribution in [2.45, 2.75) is 27.2 Å². The summed E-state index contributed by atoms with van der Waals surface area (Å²) < 4.78 is 10.7. The molecule has 160 valence electrons. The monoisotopic (exact) mass is 421 g/mol. The van der Waals surface area contributed by atoms with Crippen LogP contribution >= 0.6 is 0 Å². The van der Waals surface area contributed by atoms with Gasteiger partial charge in [0.25, 0.3) is 5.82 Å². The maximum atomic E-state index is 12.0. The standard InChI is InChI=1S/C22H25N6O3/c1-22(2,3)21(29)31-16-8-6-15(7-9-16)10-11-25-28-14-24-20(17-5-4-12-30-17)26-19(28)13-18(23)27-28/h4-9,12-14,25H,10-11H2,1-3H3,(H2,23,27)/q+1. The van der Waals surface area contributed by atoms with Crippen molar-refractivity contribution >= 4 is 24.0 Å². The van der Waals surface area contributed by atoms with E-state index in [0.29, 0.717) is 35.5 Å². The maximum Gasteiger partial charge on any atom is 0.316 e. The molecule has 0 saturated heterocycles. The van der Waals surface area contributed by atoms with Gasteiger partial charge >= 0.3 is 5.97 Å². The minimum absolute atomic E-state index is 0.0999. The SMILES string of the molecule is CC(C)(C)C(=O)Oc1ccc(CCN[N+]23C=NC(c4ccco4)=NC2=CC(N)=N3)cc1. The van der Waals surface area contributed by atoms with Gasteiger partial charge in [-0.25, -0.2) is 0 Å². The Morgan fingerprint density at radius 3 is 2.68 bits per heavy atom. The number of hydrogen-bond acceptors (Lipinski definition) is 8. The number of amidine groups is 2. The van der Waals surface area contributed by atoms with Gasteiger partial charge in [0.2, 0.25) is 12.2 Å². The van der Waals surface area contributed by atoms with Crippen molar-refractivity contribution in [3.63, 3.8) is 0 Å². The number of hydrogen-bond donors (Lipinski definition) is 2. The lowest BCUT2D eigenvalue weighted by atomic mass is 9.97. The number of quaternary nitrogens is 1. The first-order valence-corrected chi connectivity index (χ1v) is 9.96. The Labute approximate surface area is 180 Å². The van der Waals surface area contributed by atoms with Crippen LogP contribution in [0.5, 0.6) is 5.75 Å². The molecule has 0 spiro atoms. The third-order valence-electron chi connectivity index (χ3n) is 4.72. The van der Waals surface area contributed by atoms with E-state index < -0.39 is 5.41 Å².